The molecule has 3 N–H and O–H groups in total. The molecule has 3 aromatic carbocycles. The molecule has 38 heavy (non-hydrogen) atoms. The normalized spacial score (nSPS) is 27.4. The van der Waals surface area contributed by atoms with Gasteiger partial charge < -0.3 is 15.6 Å². The van der Waals surface area contributed by atoms with Crippen LogP contribution in [0.15, 0.2) is 72.9 Å². The van der Waals surface area contributed by atoms with Crippen LogP contribution in [0.1, 0.15) is 21.5 Å². The van der Waals surface area contributed by atoms with Gasteiger partial charge in [-0.3, -0.25) is 19.3 Å². The van der Waals surface area contributed by atoms with Crippen molar-refractivity contribution in [3.63, 3.8) is 0 Å². The highest BCUT2D eigenvalue weighted by molar-refractivity contribution is 14.1. The Balaban J connectivity index is 1.63. The Bertz CT molecular complexity index is 1790. The summed E-state index contributed by atoms with van der Waals surface area (Å²) in [6.07, 6.45) is 1.59. The molecule has 2 spiro atoms. The molecule has 186 valence electrons. The maximum Gasteiger partial charge on any atom is 0.251 e. The molecular formula is C29H20IN5O3. The first-order valence-corrected chi connectivity index (χ1v) is 13.2. The number of nitriles is 1. The monoisotopic (exact) mass is 613 g/mol. The number of halogens is 1. The van der Waals surface area contributed by atoms with Crippen molar-refractivity contribution < 1.29 is 14.4 Å². The number of hydrogen-bond acceptors (Lipinski definition) is 5. The average Bonchev–Trinajstić information content (AvgIpc) is 3.62. The van der Waals surface area contributed by atoms with Crippen LogP contribution in [-0.4, -0.2) is 41.1 Å². The Hall–Kier alpha value is -4.01. The quantitative estimate of drug-likeness (QED) is 0.232. The molecule has 4 heterocycles. The lowest BCUT2D eigenvalue weighted by molar-refractivity contribution is -0.137. The van der Waals surface area contributed by atoms with Crippen molar-refractivity contribution in [1.29, 1.82) is 5.26 Å². The third-order valence-corrected chi connectivity index (χ3v) is 9.18. The summed E-state index contributed by atoms with van der Waals surface area (Å²) in [4.78, 5) is 48.4. The predicted octanol–water partition coefficient (Wildman–Crippen LogP) is 4.15. The number of nitrogens with zero attached hydrogens (tertiary/aromatic N) is 2. The molecular weight excluding hydrogens is 593 g/mol. The summed E-state index contributed by atoms with van der Waals surface area (Å²) in [5.41, 5.74) is -2.29. The van der Waals surface area contributed by atoms with Crippen LogP contribution in [0.3, 0.4) is 0 Å². The zero-order valence-corrected chi connectivity index (χ0v) is 22.3. The van der Waals surface area contributed by atoms with Gasteiger partial charge in [0.05, 0.1) is 6.07 Å². The largest absolute Gasteiger partial charge is 0.360 e. The second-order valence-electron chi connectivity index (χ2n) is 10.1. The number of aromatic nitrogens is 1. The van der Waals surface area contributed by atoms with Gasteiger partial charge in [-0.25, -0.2) is 0 Å². The molecule has 0 radical (unpaired) electrons. The van der Waals surface area contributed by atoms with E-state index in [1.54, 1.807) is 48.5 Å². The molecule has 3 atom stereocenters. The van der Waals surface area contributed by atoms with Crippen molar-refractivity contribution in [1.82, 2.24) is 9.88 Å². The topological polar surface area (TPSA) is 118 Å². The van der Waals surface area contributed by atoms with Crippen LogP contribution >= 0.6 is 22.6 Å². The highest BCUT2D eigenvalue weighted by Crippen LogP contribution is 2.68. The van der Waals surface area contributed by atoms with E-state index in [0.717, 1.165) is 9.09 Å². The van der Waals surface area contributed by atoms with E-state index >= 15 is 0 Å². The number of para-hydroxylation sites is 2. The van der Waals surface area contributed by atoms with Gasteiger partial charge in [0.25, 0.3) is 5.91 Å². The Morgan fingerprint density at radius 1 is 0.974 bits per heavy atom. The van der Waals surface area contributed by atoms with E-state index in [4.69, 9.17) is 0 Å². The van der Waals surface area contributed by atoms with Crippen LogP contribution in [0.25, 0.3) is 10.9 Å². The predicted molar refractivity (Wildman–Crippen MR) is 150 cm³/mol. The van der Waals surface area contributed by atoms with Gasteiger partial charge in [0.2, 0.25) is 5.91 Å². The smallest absolute Gasteiger partial charge is 0.251 e. The van der Waals surface area contributed by atoms with E-state index in [2.05, 4.69) is 44.3 Å². The van der Waals surface area contributed by atoms with Crippen molar-refractivity contribution in [2.75, 3.05) is 24.2 Å². The zero-order valence-electron chi connectivity index (χ0n) is 20.1. The van der Waals surface area contributed by atoms with E-state index < -0.39 is 34.0 Å². The fourth-order valence-electron chi connectivity index (χ4n) is 7.14. The van der Waals surface area contributed by atoms with Gasteiger partial charge in [0, 0.05) is 49.7 Å². The molecule has 0 aliphatic carbocycles. The summed E-state index contributed by atoms with van der Waals surface area (Å²) in [7, 11) is 1.71. The molecule has 3 aliphatic rings. The second kappa shape index (κ2) is 7.52. The van der Waals surface area contributed by atoms with Crippen molar-refractivity contribution in [3.8, 4) is 6.07 Å². The second-order valence-corrected chi connectivity index (χ2v) is 11.3. The van der Waals surface area contributed by atoms with Crippen LogP contribution < -0.4 is 10.6 Å². The lowest BCUT2D eigenvalue weighted by Crippen LogP contribution is -2.65. The Labute approximate surface area is 231 Å². The van der Waals surface area contributed by atoms with Crippen LogP contribution in [0.5, 0.6) is 0 Å². The summed E-state index contributed by atoms with van der Waals surface area (Å²) in [5, 5.41) is 17.6. The molecule has 7 rings (SSSR count). The molecule has 0 saturated carbocycles. The molecule has 9 heteroatoms. The van der Waals surface area contributed by atoms with E-state index in [-0.39, 0.29) is 6.54 Å². The van der Waals surface area contributed by atoms with Crippen LogP contribution in [0.2, 0.25) is 0 Å². The molecule has 1 fully saturated rings. The minimum atomic E-state index is -1.93. The molecule has 0 bridgehead atoms. The number of rotatable bonds is 2. The highest BCUT2D eigenvalue weighted by atomic mass is 127. The minimum absolute atomic E-state index is 0.123. The Morgan fingerprint density at radius 2 is 1.68 bits per heavy atom. The number of nitrogens with one attached hydrogen (secondary N) is 3. The summed E-state index contributed by atoms with van der Waals surface area (Å²) in [6.45, 7) is -0.123. The lowest BCUT2D eigenvalue weighted by atomic mass is 9.51. The van der Waals surface area contributed by atoms with Crippen molar-refractivity contribution >= 4 is 62.5 Å². The fourth-order valence-corrected chi connectivity index (χ4v) is 7.63. The van der Waals surface area contributed by atoms with Crippen molar-refractivity contribution in [2.45, 2.75) is 11.0 Å². The third-order valence-electron chi connectivity index (χ3n) is 8.51. The van der Waals surface area contributed by atoms with Crippen LogP contribution in [-0.2, 0) is 20.5 Å². The van der Waals surface area contributed by atoms with E-state index in [1.165, 1.54) is 0 Å². The number of likely N-dealkylation sites (tertiary alicyclic amines) is 1. The molecule has 1 saturated heterocycles. The summed E-state index contributed by atoms with van der Waals surface area (Å²) < 4.78 is 0.866. The number of Topliss-reactive ketones (excluding diaryl/α,β-unsaturated/α-hetero) is 1. The molecule has 2 amide bonds. The van der Waals surface area contributed by atoms with Gasteiger partial charge in [0.1, 0.15) is 11.0 Å². The SMILES string of the molecule is CN1C[C@](C#N)(C(=O)c2c[nH]c3ccccc23)[C@]2(C(=O)Nc3ccccc32)[C@@]12C(=O)Nc1ccc(I)cc12. The standard InChI is InChI=1S/C29H20IN5O3/c1-35-15-27(14-31,24(36)18-13-32-21-8-4-2-6-17(18)21)28(19-7-3-5-9-22(19)33-25(28)37)29(35)20-12-16(30)10-11-23(20)34-26(29)38/h2-13,32H,15H2,1H3,(H,33,37)(H,34,38)/t27-,28+,29-/m1/s1. The number of H-pyrrole nitrogens is 1. The Morgan fingerprint density at radius 3 is 2.50 bits per heavy atom. The van der Waals surface area contributed by atoms with E-state index in [0.29, 0.717) is 33.5 Å². The third kappa shape index (κ3) is 2.36. The van der Waals surface area contributed by atoms with Gasteiger partial charge in [-0.1, -0.05) is 36.4 Å². The van der Waals surface area contributed by atoms with Crippen LogP contribution in [0, 0.1) is 20.3 Å². The number of fused-ring (bicyclic) bond motifs is 6. The summed E-state index contributed by atoms with van der Waals surface area (Å²) >= 11 is 2.17. The number of aromatic amines is 1. The Kier molecular flexibility index (Phi) is 4.58. The average molecular weight is 613 g/mol. The number of anilines is 2. The number of hydrogen-bond donors (Lipinski definition) is 3. The number of amides is 2. The number of carbonyl (C=O) groups excluding carboxylic acids is 3. The number of likely N-dealkylation sites (N-methyl/N-ethyl adjacent to an activating group) is 1. The van der Waals surface area contributed by atoms with Gasteiger partial charge in [-0.05, 0) is 65.5 Å². The molecule has 1 aromatic heterocycles. The number of ketones is 1. The first-order valence-electron chi connectivity index (χ1n) is 12.1. The fraction of sp³-hybridized carbons (Fsp3) is 0.172. The maximum absolute atomic E-state index is 14.8. The highest BCUT2D eigenvalue weighted by Gasteiger charge is 2.84. The number of carbonyl (C=O) groups is 3. The number of benzene rings is 3. The first kappa shape index (κ1) is 23.1. The van der Waals surface area contributed by atoms with Crippen molar-refractivity contribution in [2.24, 2.45) is 5.41 Å². The van der Waals surface area contributed by atoms with Gasteiger partial charge in [-0.15, -0.1) is 0 Å². The molecule has 0 unspecified atom stereocenters. The van der Waals surface area contributed by atoms with Crippen molar-refractivity contribution in [3.05, 3.63) is 93.2 Å². The first-order chi connectivity index (χ1) is 18.3. The summed E-state index contributed by atoms with van der Waals surface area (Å²) in [6, 6.07) is 22.3. The summed E-state index contributed by atoms with van der Waals surface area (Å²) in [5.74, 6) is -1.48. The van der Waals surface area contributed by atoms with Crippen LogP contribution in [0.4, 0.5) is 11.4 Å². The lowest BCUT2D eigenvalue weighted by Gasteiger charge is -2.44. The van der Waals surface area contributed by atoms with Gasteiger partial charge in [0.15, 0.2) is 11.2 Å². The maximum atomic E-state index is 14.8. The van der Waals surface area contributed by atoms with Gasteiger partial charge in [-0.2, -0.15) is 5.26 Å². The molecule has 3 aliphatic heterocycles. The zero-order chi connectivity index (χ0) is 26.4. The van der Waals surface area contributed by atoms with E-state index in [1.807, 2.05) is 36.4 Å². The molecule has 4 aromatic rings. The molecule has 8 nitrogen and oxygen atoms in total. The minimum Gasteiger partial charge on any atom is -0.360 e. The van der Waals surface area contributed by atoms with E-state index in [9.17, 15) is 19.6 Å². The van der Waals surface area contributed by atoms with Gasteiger partial charge >= 0.3 is 0 Å².